The highest BCUT2D eigenvalue weighted by molar-refractivity contribution is 5.90. The number of aryl methyl sites for hydroxylation is 1. The van der Waals surface area contributed by atoms with Gasteiger partial charge < -0.3 is 4.98 Å². The van der Waals surface area contributed by atoms with E-state index < -0.39 is 10.7 Å². The smallest absolute Gasteiger partial charge is 0.270 e. The van der Waals surface area contributed by atoms with Crippen LogP contribution in [0.2, 0.25) is 0 Å². The summed E-state index contributed by atoms with van der Waals surface area (Å²) >= 11 is 0. The first-order valence-electron chi connectivity index (χ1n) is 7.00. The Morgan fingerprint density at radius 1 is 1.38 bits per heavy atom. The van der Waals surface area contributed by atoms with Crippen LogP contribution in [0.25, 0.3) is 22.7 Å². The fourth-order valence-electron chi connectivity index (χ4n) is 2.32. The van der Waals surface area contributed by atoms with Gasteiger partial charge in [0.1, 0.15) is 17.7 Å². The summed E-state index contributed by atoms with van der Waals surface area (Å²) in [7, 11) is 0. The van der Waals surface area contributed by atoms with Gasteiger partial charge in [-0.25, -0.2) is 9.37 Å². The Hall–Kier alpha value is -3.53. The Bertz CT molecular complexity index is 1030. The molecule has 2 aromatic carbocycles. The van der Waals surface area contributed by atoms with Gasteiger partial charge in [0.2, 0.25) is 0 Å². The van der Waals surface area contributed by atoms with Crippen molar-refractivity contribution in [2.24, 2.45) is 0 Å². The summed E-state index contributed by atoms with van der Waals surface area (Å²) in [6.07, 6.45) is 1.24. The van der Waals surface area contributed by atoms with Gasteiger partial charge in [-0.3, -0.25) is 10.1 Å². The van der Waals surface area contributed by atoms with Crippen LogP contribution in [0.3, 0.4) is 0 Å². The lowest BCUT2D eigenvalue weighted by atomic mass is 10.1. The van der Waals surface area contributed by atoms with Crippen LogP contribution in [0.1, 0.15) is 17.0 Å². The highest BCUT2D eigenvalue weighted by Gasteiger charge is 2.13. The van der Waals surface area contributed by atoms with E-state index in [1.807, 2.05) is 31.2 Å². The van der Waals surface area contributed by atoms with Gasteiger partial charge in [0.15, 0.2) is 0 Å². The number of imidazole rings is 1. The Balaban J connectivity index is 2.10. The summed E-state index contributed by atoms with van der Waals surface area (Å²) < 4.78 is 13.9. The summed E-state index contributed by atoms with van der Waals surface area (Å²) in [5.41, 5.74) is 2.26. The number of benzene rings is 2. The van der Waals surface area contributed by atoms with Gasteiger partial charge >= 0.3 is 0 Å². The van der Waals surface area contributed by atoms with Crippen molar-refractivity contribution in [3.8, 4) is 6.07 Å². The lowest BCUT2D eigenvalue weighted by Gasteiger charge is -1.99. The zero-order valence-electron chi connectivity index (χ0n) is 12.6. The zero-order valence-corrected chi connectivity index (χ0v) is 12.6. The van der Waals surface area contributed by atoms with Crippen molar-refractivity contribution in [3.63, 3.8) is 0 Å². The van der Waals surface area contributed by atoms with Gasteiger partial charge in [-0.2, -0.15) is 5.26 Å². The van der Waals surface area contributed by atoms with Crippen LogP contribution in [-0.4, -0.2) is 14.9 Å². The van der Waals surface area contributed by atoms with E-state index in [-0.39, 0.29) is 22.6 Å². The SMILES string of the molecule is Cc1ccc2nc(/C(C#N)=C/c3cc([N+](=O)[O-])ccc3F)[nH]c2c1. The molecule has 1 aromatic heterocycles. The molecule has 0 aliphatic rings. The predicted octanol–water partition coefficient (Wildman–Crippen LogP) is 3.98. The van der Waals surface area contributed by atoms with Crippen molar-refractivity contribution in [2.45, 2.75) is 6.92 Å². The second-order valence-corrected chi connectivity index (χ2v) is 5.24. The molecule has 24 heavy (non-hydrogen) atoms. The minimum absolute atomic E-state index is 0.0441. The first-order valence-corrected chi connectivity index (χ1v) is 7.00. The van der Waals surface area contributed by atoms with E-state index in [9.17, 15) is 19.8 Å². The van der Waals surface area contributed by atoms with E-state index >= 15 is 0 Å². The molecule has 3 rings (SSSR count). The normalized spacial score (nSPS) is 11.5. The molecule has 0 aliphatic heterocycles. The van der Waals surface area contributed by atoms with E-state index in [1.165, 1.54) is 6.08 Å². The molecule has 0 amide bonds. The van der Waals surface area contributed by atoms with Gasteiger partial charge in [0.05, 0.1) is 21.5 Å². The Morgan fingerprint density at radius 2 is 2.17 bits per heavy atom. The van der Waals surface area contributed by atoms with Crippen LogP contribution in [0.5, 0.6) is 0 Å². The number of rotatable bonds is 3. The third-order valence-electron chi connectivity index (χ3n) is 3.50. The summed E-state index contributed by atoms with van der Waals surface area (Å²) in [6.45, 7) is 1.93. The van der Waals surface area contributed by atoms with Crippen LogP contribution in [0.15, 0.2) is 36.4 Å². The first kappa shape index (κ1) is 15.4. The van der Waals surface area contributed by atoms with Crippen molar-refractivity contribution in [3.05, 3.63) is 69.3 Å². The average molecular weight is 322 g/mol. The minimum Gasteiger partial charge on any atom is -0.337 e. The summed E-state index contributed by atoms with van der Waals surface area (Å²) in [6, 6.07) is 10.7. The molecule has 0 spiro atoms. The molecule has 0 aliphatic carbocycles. The van der Waals surface area contributed by atoms with Crippen molar-refractivity contribution in [2.75, 3.05) is 0 Å². The number of aromatic amines is 1. The largest absolute Gasteiger partial charge is 0.337 e. The van der Waals surface area contributed by atoms with E-state index in [0.717, 1.165) is 29.3 Å². The van der Waals surface area contributed by atoms with Gasteiger partial charge in [-0.1, -0.05) is 6.07 Å². The molecule has 3 aromatic rings. The third-order valence-corrected chi connectivity index (χ3v) is 3.50. The minimum atomic E-state index is -0.652. The lowest BCUT2D eigenvalue weighted by molar-refractivity contribution is -0.384. The molecular weight excluding hydrogens is 311 g/mol. The number of fused-ring (bicyclic) bond motifs is 1. The van der Waals surface area contributed by atoms with E-state index in [4.69, 9.17) is 0 Å². The maximum atomic E-state index is 13.9. The van der Waals surface area contributed by atoms with Gasteiger partial charge in [-0.15, -0.1) is 0 Å². The number of hydrogen-bond donors (Lipinski definition) is 1. The predicted molar refractivity (Wildman–Crippen MR) is 87.4 cm³/mol. The van der Waals surface area contributed by atoms with Gasteiger partial charge in [0, 0.05) is 17.7 Å². The summed E-state index contributed by atoms with van der Waals surface area (Å²) in [5.74, 6) is -0.371. The molecule has 0 atom stereocenters. The van der Waals surface area contributed by atoms with Crippen LogP contribution < -0.4 is 0 Å². The number of nitro groups is 1. The van der Waals surface area contributed by atoms with Gasteiger partial charge in [0.25, 0.3) is 5.69 Å². The number of nitro benzene ring substituents is 1. The molecule has 6 nitrogen and oxygen atoms in total. The first-order chi connectivity index (χ1) is 11.5. The monoisotopic (exact) mass is 322 g/mol. The maximum Gasteiger partial charge on any atom is 0.270 e. The van der Waals surface area contributed by atoms with E-state index in [2.05, 4.69) is 9.97 Å². The average Bonchev–Trinajstić information content (AvgIpc) is 2.96. The number of nitrogens with zero attached hydrogens (tertiary/aromatic N) is 3. The fraction of sp³-hybridized carbons (Fsp3) is 0.0588. The molecule has 0 unspecified atom stereocenters. The van der Waals surface area contributed by atoms with Crippen molar-refractivity contribution >= 4 is 28.4 Å². The molecule has 1 heterocycles. The molecule has 0 saturated heterocycles. The summed E-state index contributed by atoms with van der Waals surface area (Å²) in [4.78, 5) is 17.5. The Labute approximate surface area is 136 Å². The second-order valence-electron chi connectivity index (χ2n) is 5.24. The number of nitrogens with one attached hydrogen (secondary N) is 1. The van der Waals surface area contributed by atoms with Crippen molar-refractivity contribution in [1.29, 1.82) is 5.26 Å². The highest BCUT2D eigenvalue weighted by Crippen LogP contribution is 2.23. The molecule has 118 valence electrons. The van der Waals surface area contributed by atoms with Crippen LogP contribution in [0.4, 0.5) is 10.1 Å². The van der Waals surface area contributed by atoms with Crippen LogP contribution in [-0.2, 0) is 0 Å². The number of nitriles is 1. The Morgan fingerprint density at radius 3 is 2.88 bits per heavy atom. The third kappa shape index (κ3) is 2.85. The number of hydrogen-bond acceptors (Lipinski definition) is 4. The van der Waals surface area contributed by atoms with E-state index in [0.29, 0.717) is 5.52 Å². The van der Waals surface area contributed by atoms with Crippen molar-refractivity contribution in [1.82, 2.24) is 9.97 Å². The maximum absolute atomic E-state index is 13.9. The quantitative estimate of drug-likeness (QED) is 0.448. The fourth-order valence-corrected chi connectivity index (χ4v) is 2.32. The second kappa shape index (κ2) is 5.93. The summed E-state index contributed by atoms with van der Waals surface area (Å²) in [5, 5.41) is 20.2. The van der Waals surface area contributed by atoms with Crippen molar-refractivity contribution < 1.29 is 9.31 Å². The molecule has 0 radical (unpaired) electrons. The highest BCUT2D eigenvalue weighted by atomic mass is 19.1. The number of allylic oxidation sites excluding steroid dienone is 1. The molecular formula is C17H11FN4O2. The van der Waals surface area contributed by atoms with Crippen LogP contribution in [0, 0.1) is 34.2 Å². The molecule has 1 N–H and O–H groups in total. The molecule has 0 saturated carbocycles. The Kier molecular flexibility index (Phi) is 3.80. The molecule has 7 heteroatoms. The topological polar surface area (TPSA) is 95.6 Å². The number of non-ortho nitro benzene ring substituents is 1. The molecule has 0 fully saturated rings. The number of H-pyrrole nitrogens is 1. The molecule has 0 bridgehead atoms. The standard InChI is InChI=1S/C17H11FN4O2/c1-10-2-5-15-16(6-10)21-17(20-15)12(9-19)7-11-8-13(22(23)24)3-4-14(11)18/h2-8H,1H3,(H,20,21)/b12-7+. The van der Waals surface area contributed by atoms with E-state index in [1.54, 1.807) is 0 Å². The van der Waals surface area contributed by atoms with Gasteiger partial charge in [-0.05, 0) is 36.8 Å². The number of aromatic nitrogens is 2. The van der Waals surface area contributed by atoms with Crippen LogP contribution >= 0.6 is 0 Å². The number of halogens is 1. The zero-order chi connectivity index (χ0) is 17.3. The lowest BCUT2D eigenvalue weighted by Crippen LogP contribution is -1.92.